The monoisotopic (exact) mass is 319 g/mol. The zero-order chi connectivity index (χ0) is 13.3. The Kier molecular flexibility index (Phi) is 4.09. The highest BCUT2D eigenvalue weighted by Gasteiger charge is 2.32. The van der Waals surface area contributed by atoms with Crippen molar-refractivity contribution in [1.29, 1.82) is 0 Å². The first kappa shape index (κ1) is 13.6. The summed E-state index contributed by atoms with van der Waals surface area (Å²) in [6.45, 7) is 0.525. The number of hydrogen-bond donors (Lipinski definition) is 1. The summed E-state index contributed by atoms with van der Waals surface area (Å²) < 4.78 is 32.4. The Morgan fingerprint density at radius 1 is 1.44 bits per heavy atom. The van der Waals surface area contributed by atoms with Gasteiger partial charge < -0.3 is 10.5 Å². The Balaban J connectivity index is 2.19. The normalized spacial score (nSPS) is 23.3. The van der Waals surface area contributed by atoms with Crippen LogP contribution < -0.4 is 5.73 Å². The molecule has 98 valence electrons. The molecule has 1 aromatic rings. The second-order valence-electron chi connectivity index (χ2n) is 4.27. The third-order valence-electron chi connectivity index (χ3n) is 3.03. The van der Waals surface area contributed by atoms with Crippen molar-refractivity contribution < 1.29 is 18.3 Å². The smallest absolute Gasteiger partial charge is 0.144 e. The topological polar surface area (TPSA) is 52.3 Å². The number of Topliss-reactive ketones (excluding diaryl/α,β-unsaturated/α-hetero) is 1. The van der Waals surface area contributed by atoms with Gasteiger partial charge in [0.05, 0.1) is 23.6 Å². The number of halogens is 3. The minimum Gasteiger partial charge on any atom is -0.379 e. The molecule has 1 saturated heterocycles. The molecule has 6 heteroatoms. The molecule has 2 N–H and O–H groups in total. The molecule has 1 heterocycles. The van der Waals surface area contributed by atoms with E-state index in [0.29, 0.717) is 6.61 Å². The van der Waals surface area contributed by atoms with Gasteiger partial charge in [-0.1, -0.05) is 0 Å². The van der Waals surface area contributed by atoms with Crippen LogP contribution >= 0.6 is 15.9 Å². The number of hydrogen-bond acceptors (Lipinski definition) is 3. The summed E-state index contributed by atoms with van der Waals surface area (Å²) in [7, 11) is 0. The van der Waals surface area contributed by atoms with Crippen LogP contribution in [0.5, 0.6) is 0 Å². The second kappa shape index (κ2) is 5.42. The van der Waals surface area contributed by atoms with Gasteiger partial charge in [0.25, 0.3) is 0 Å². The van der Waals surface area contributed by atoms with Gasteiger partial charge in [-0.25, -0.2) is 8.78 Å². The molecule has 2 rings (SSSR count). The van der Waals surface area contributed by atoms with E-state index in [0.717, 1.165) is 6.07 Å². The molecule has 0 radical (unpaired) electrons. The Bertz CT molecular complexity index is 481. The molecule has 18 heavy (non-hydrogen) atoms. The lowest BCUT2D eigenvalue weighted by molar-refractivity contribution is -0.122. The van der Waals surface area contributed by atoms with Crippen LogP contribution in [0, 0.1) is 17.6 Å². The maximum atomic E-state index is 13.7. The van der Waals surface area contributed by atoms with Crippen molar-refractivity contribution in [3.8, 4) is 0 Å². The SMILES string of the molecule is NC1COCC1C(=O)Cc1c(F)ccc(Br)c1F. The minimum absolute atomic E-state index is 0.138. The standard InChI is InChI=1S/C12H12BrF2NO2/c13-8-1-2-9(14)6(12(8)15)3-11(17)7-4-18-5-10(7)16/h1-2,7,10H,3-5,16H2. The van der Waals surface area contributed by atoms with Gasteiger partial charge in [-0.15, -0.1) is 0 Å². The van der Waals surface area contributed by atoms with Crippen LogP contribution in [0.25, 0.3) is 0 Å². The van der Waals surface area contributed by atoms with Gasteiger partial charge in [0.1, 0.15) is 17.4 Å². The van der Waals surface area contributed by atoms with Crippen molar-refractivity contribution in [2.24, 2.45) is 11.7 Å². The van der Waals surface area contributed by atoms with Crippen molar-refractivity contribution in [3.05, 3.63) is 33.8 Å². The fourth-order valence-electron chi connectivity index (χ4n) is 1.94. The van der Waals surface area contributed by atoms with Gasteiger partial charge in [0, 0.05) is 18.0 Å². The molecule has 2 atom stereocenters. The highest BCUT2D eigenvalue weighted by atomic mass is 79.9. The zero-order valence-electron chi connectivity index (χ0n) is 9.46. The maximum absolute atomic E-state index is 13.7. The predicted octanol–water partition coefficient (Wildman–Crippen LogP) is 1.81. The Hall–Kier alpha value is -0.850. The van der Waals surface area contributed by atoms with Crippen molar-refractivity contribution in [2.45, 2.75) is 12.5 Å². The number of carbonyl (C=O) groups excluding carboxylic acids is 1. The third-order valence-corrected chi connectivity index (χ3v) is 3.64. The van der Waals surface area contributed by atoms with Crippen LogP contribution in [0.2, 0.25) is 0 Å². The number of ether oxygens (including phenoxy) is 1. The molecular weight excluding hydrogens is 308 g/mol. The Labute approximate surface area is 111 Å². The first-order valence-electron chi connectivity index (χ1n) is 5.49. The molecule has 0 amide bonds. The molecule has 3 nitrogen and oxygen atoms in total. The maximum Gasteiger partial charge on any atom is 0.144 e. The summed E-state index contributed by atoms with van der Waals surface area (Å²) in [6.07, 6.45) is -0.307. The van der Waals surface area contributed by atoms with Crippen molar-refractivity contribution in [2.75, 3.05) is 13.2 Å². The molecule has 0 aliphatic carbocycles. The summed E-state index contributed by atoms with van der Waals surface area (Å²) in [5, 5.41) is 0. The quantitative estimate of drug-likeness (QED) is 0.864. The first-order valence-corrected chi connectivity index (χ1v) is 6.28. The molecule has 0 spiro atoms. The van der Waals surface area contributed by atoms with E-state index in [1.54, 1.807) is 0 Å². The molecule has 1 aliphatic rings. The summed E-state index contributed by atoms with van der Waals surface area (Å²) in [6, 6.07) is 2.00. The number of benzene rings is 1. The van der Waals surface area contributed by atoms with Crippen LogP contribution in [0.1, 0.15) is 5.56 Å². The number of rotatable bonds is 3. The second-order valence-corrected chi connectivity index (χ2v) is 5.13. The van der Waals surface area contributed by atoms with E-state index < -0.39 is 23.6 Å². The molecule has 1 aromatic carbocycles. The van der Waals surface area contributed by atoms with Crippen molar-refractivity contribution >= 4 is 21.7 Å². The molecule has 1 fully saturated rings. The van der Waals surface area contributed by atoms with Gasteiger partial charge in [0.15, 0.2) is 0 Å². The zero-order valence-corrected chi connectivity index (χ0v) is 11.0. The number of ketones is 1. The van der Waals surface area contributed by atoms with E-state index in [2.05, 4.69) is 15.9 Å². The molecule has 0 saturated carbocycles. The fraction of sp³-hybridized carbons (Fsp3) is 0.417. The predicted molar refractivity (Wildman–Crippen MR) is 65.1 cm³/mol. The summed E-state index contributed by atoms with van der Waals surface area (Å²) in [5.41, 5.74) is 5.47. The van der Waals surface area contributed by atoms with Gasteiger partial charge in [-0.3, -0.25) is 4.79 Å². The van der Waals surface area contributed by atoms with E-state index in [9.17, 15) is 13.6 Å². The van der Waals surface area contributed by atoms with E-state index in [4.69, 9.17) is 10.5 Å². The Morgan fingerprint density at radius 3 is 2.78 bits per heavy atom. The molecule has 0 bridgehead atoms. The largest absolute Gasteiger partial charge is 0.379 e. The highest BCUT2D eigenvalue weighted by Crippen LogP contribution is 2.24. The minimum atomic E-state index is -0.740. The number of nitrogens with two attached hydrogens (primary N) is 1. The summed E-state index contributed by atoms with van der Waals surface area (Å²) >= 11 is 2.96. The van der Waals surface area contributed by atoms with Gasteiger partial charge in [-0.05, 0) is 28.1 Å². The van der Waals surface area contributed by atoms with E-state index in [-0.39, 0.29) is 28.8 Å². The average molecular weight is 320 g/mol. The lowest BCUT2D eigenvalue weighted by atomic mass is 9.94. The number of carbonyl (C=O) groups is 1. The lowest BCUT2D eigenvalue weighted by Crippen LogP contribution is -2.35. The lowest BCUT2D eigenvalue weighted by Gasteiger charge is -2.12. The molecular formula is C12H12BrF2NO2. The fourth-order valence-corrected chi connectivity index (χ4v) is 2.31. The molecule has 0 aromatic heterocycles. The van der Waals surface area contributed by atoms with Gasteiger partial charge in [-0.2, -0.15) is 0 Å². The van der Waals surface area contributed by atoms with Crippen LogP contribution in [0.4, 0.5) is 8.78 Å². The molecule has 1 aliphatic heterocycles. The molecule has 2 unspecified atom stereocenters. The summed E-state index contributed by atoms with van der Waals surface area (Å²) in [5.74, 6) is -2.24. The Morgan fingerprint density at radius 2 is 2.17 bits per heavy atom. The highest BCUT2D eigenvalue weighted by molar-refractivity contribution is 9.10. The van der Waals surface area contributed by atoms with E-state index >= 15 is 0 Å². The first-order chi connectivity index (χ1) is 8.50. The van der Waals surface area contributed by atoms with Crippen LogP contribution in [0.15, 0.2) is 16.6 Å². The van der Waals surface area contributed by atoms with Crippen LogP contribution in [0.3, 0.4) is 0 Å². The van der Waals surface area contributed by atoms with Crippen molar-refractivity contribution in [3.63, 3.8) is 0 Å². The van der Waals surface area contributed by atoms with Gasteiger partial charge in [0.2, 0.25) is 0 Å². The van der Waals surface area contributed by atoms with Gasteiger partial charge >= 0.3 is 0 Å². The van der Waals surface area contributed by atoms with E-state index in [1.165, 1.54) is 6.07 Å². The third kappa shape index (κ3) is 2.60. The van der Waals surface area contributed by atoms with Crippen molar-refractivity contribution in [1.82, 2.24) is 0 Å². The van der Waals surface area contributed by atoms with E-state index in [1.807, 2.05) is 0 Å². The summed E-state index contributed by atoms with van der Waals surface area (Å²) in [4.78, 5) is 11.9. The average Bonchev–Trinajstić information content (AvgIpc) is 2.76. The van der Waals surface area contributed by atoms with Crippen LogP contribution in [-0.2, 0) is 16.0 Å². The van der Waals surface area contributed by atoms with Crippen LogP contribution in [-0.4, -0.2) is 25.0 Å².